The Morgan fingerprint density at radius 1 is 1.11 bits per heavy atom. The first-order valence-corrected chi connectivity index (χ1v) is 6.97. The van der Waals surface area contributed by atoms with E-state index in [2.05, 4.69) is 48.2 Å². The van der Waals surface area contributed by atoms with Gasteiger partial charge in [0.1, 0.15) is 5.82 Å². The fraction of sp³-hybridized carbons (Fsp3) is 0.467. The molecule has 2 N–H and O–H groups in total. The molecular formula is C15H22N4. The molecule has 0 radical (unpaired) electrons. The Hall–Kier alpha value is -1.68. The topological polar surface area (TPSA) is 56.7 Å². The summed E-state index contributed by atoms with van der Waals surface area (Å²) >= 11 is 0. The van der Waals surface area contributed by atoms with Gasteiger partial charge in [-0.2, -0.15) is 5.10 Å². The molecule has 0 bridgehead atoms. The number of hydrogen-bond acceptors (Lipinski definition) is 3. The molecule has 0 fully saturated rings. The maximum atomic E-state index is 5.67. The minimum atomic E-state index is 0.676. The van der Waals surface area contributed by atoms with Crippen LogP contribution in [0, 0.1) is 0 Å². The molecule has 0 unspecified atom stereocenters. The summed E-state index contributed by atoms with van der Waals surface area (Å²) in [5.41, 5.74) is 8.26. The van der Waals surface area contributed by atoms with Gasteiger partial charge in [-0.25, -0.2) is 9.67 Å². The van der Waals surface area contributed by atoms with Crippen LogP contribution in [0.4, 0.5) is 0 Å². The van der Waals surface area contributed by atoms with Crippen molar-refractivity contribution >= 4 is 0 Å². The second-order valence-corrected chi connectivity index (χ2v) is 4.62. The van der Waals surface area contributed by atoms with Crippen molar-refractivity contribution in [2.75, 3.05) is 6.54 Å². The first kappa shape index (κ1) is 13.7. The fourth-order valence-corrected chi connectivity index (χ4v) is 2.24. The van der Waals surface area contributed by atoms with Crippen molar-refractivity contribution in [2.24, 2.45) is 5.73 Å². The van der Waals surface area contributed by atoms with Crippen molar-refractivity contribution in [1.29, 1.82) is 0 Å². The van der Waals surface area contributed by atoms with E-state index in [0.717, 1.165) is 37.5 Å². The highest BCUT2D eigenvalue weighted by Crippen LogP contribution is 2.12. The Balaban J connectivity index is 2.27. The zero-order valence-corrected chi connectivity index (χ0v) is 11.8. The first-order valence-electron chi connectivity index (χ1n) is 6.97. The van der Waals surface area contributed by atoms with Gasteiger partial charge in [-0.15, -0.1) is 0 Å². The van der Waals surface area contributed by atoms with Crippen LogP contribution in [0.25, 0.3) is 0 Å². The molecule has 0 spiro atoms. The number of aromatic nitrogens is 3. The van der Waals surface area contributed by atoms with Gasteiger partial charge in [0, 0.05) is 12.8 Å². The van der Waals surface area contributed by atoms with Crippen molar-refractivity contribution in [1.82, 2.24) is 14.8 Å². The molecule has 0 atom stereocenters. The minimum Gasteiger partial charge on any atom is -0.330 e. The zero-order valence-electron chi connectivity index (χ0n) is 11.8. The van der Waals surface area contributed by atoms with E-state index < -0.39 is 0 Å². The van der Waals surface area contributed by atoms with Crippen molar-refractivity contribution in [3.8, 4) is 0 Å². The lowest BCUT2D eigenvalue weighted by molar-refractivity contribution is 0.633. The van der Waals surface area contributed by atoms with E-state index in [9.17, 15) is 0 Å². The van der Waals surface area contributed by atoms with Gasteiger partial charge in [0.15, 0.2) is 5.82 Å². The zero-order chi connectivity index (χ0) is 13.7. The van der Waals surface area contributed by atoms with Crippen LogP contribution >= 0.6 is 0 Å². The standard InChI is InChI=1S/C15H22N4/c1-3-14-17-15(4-2)19(18-14)11-13-8-6-5-7-12(13)9-10-16/h5-8H,3-4,9-11,16H2,1-2H3. The third-order valence-corrected chi connectivity index (χ3v) is 3.28. The monoisotopic (exact) mass is 258 g/mol. The van der Waals surface area contributed by atoms with E-state index in [4.69, 9.17) is 5.73 Å². The van der Waals surface area contributed by atoms with Gasteiger partial charge in [-0.05, 0) is 24.1 Å². The SMILES string of the molecule is CCc1nc(CC)n(Cc2ccccc2CCN)n1. The largest absolute Gasteiger partial charge is 0.330 e. The predicted molar refractivity (Wildman–Crippen MR) is 77.1 cm³/mol. The smallest absolute Gasteiger partial charge is 0.150 e. The Kier molecular flexibility index (Phi) is 4.68. The summed E-state index contributed by atoms with van der Waals surface area (Å²) in [6.07, 6.45) is 2.70. The third-order valence-electron chi connectivity index (χ3n) is 3.28. The molecule has 19 heavy (non-hydrogen) atoms. The number of benzene rings is 1. The molecule has 2 aromatic rings. The Labute approximate surface area is 114 Å². The van der Waals surface area contributed by atoms with Crippen LogP contribution in [0.5, 0.6) is 0 Å². The van der Waals surface area contributed by atoms with E-state index in [1.165, 1.54) is 11.1 Å². The highest BCUT2D eigenvalue weighted by atomic mass is 15.3. The summed E-state index contributed by atoms with van der Waals surface area (Å²) in [6.45, 7) is 5.66. The number of nitrogens with zero attached hydrogens (tertiary/aromatic N) is 3. The summed E-state index contributed by atoms with van der Waals surface area (Å²) in [5, 5.41) is 4.57. The lowest BCUT2D eigenvalue weighted by atomic mass is 10.0. The second-order valence-electron chi connectivity index (χ2n) is 4.62. The fourth-order valence-electron chi connectivity index (χ4n) is 2.24. The van der Waals surface area contributed by atoms with Gasteiger partial charge in [-0.3, -0.25) is 0 Å². The second kappa shape index (κ2) is 6.48. The van der Waals surface area contributed by atoms with Gasteiger partial charge in [0.25, 0.3) is 0 Å². The Morgan fingerprint density at radius 2 is 1.84 bits per heavy atom. The Bertz CT molecular complexity index is 531. The third kappa shape index (κ3) is 3.20. The predicted octanol–water partition coefficient (Wildman–Crippen LogP) is 1.95. The van der Waals surface area contributed by atoms with E-state index >= 15 is 0 Å². The van der Waals surface area contributed by atoms with E-state index in [0.29, 0.717) is 6.54 Å². The van der Waals surface area contributed by atoms with Crippen molar-refractivity contribution in [3.63, 3.8) is 0 Å². The van der Waals surface area contributed by atoms with Crippen LogP contribution in [0.15, 0.2) is 24.3 Å². The highest BCUT2D eigenvalue weighted by Gasteiger charge is 2.09. The number of aryl methyl sites for hydroxylation is 2. The average molecular weight is 258 g/mol. The normalized spacial score (nSPS) is 10.9. The maximum Gasteiger partial charge on any atom is 0.150 e. The first-order chi connectivity index (χ1) is 9.28. The van der Waals surface area contributed by atoms with Gasteiger partial charge in [0.05, 0.1) is 6.54 Å². The van der Waals surface area contributed by atoms with Gasteiger partial charge < -0.3 is 5.73 Å². The molecule has 1 heterocycles. The summed E-state index contributed by atoms with van der Waals surface area (Å²) in [6, 6.07) is 8.43. The summed E-state index contributed by atoms with van der Waals surface area (Å²) in [7, 11) is 0. The Morgan fingerprint density at radius 3 is 2.47 bits per heavy atom. The van der Waals surface area contributed by atoms with E-state index in [1.807, 2.05) is 4.68 Å². The molecule has 0 saturated heterocycles. The molecule has 0 saturated carbocycles. The summed E-state index contributed by atoms with van der Waals surface area (Å²) in [4.78, 5) is 4.55. The quantitative estimate of drug-likeness (QED) is 0.861. The minimum absolute atomic E-state index is 0.676. The maximum absolute atomic E-state index is 5.67. The molecule has 2 rings (SSSR count). The molecule has 4 nitrogen and oxygen atoms in total. The molecule has 0 aliphatic carbocycles. The summed E-state index contributed by atoms with van der Waals surface area (Å²) in [5.74, 6) is 1.98. The molecule has 4 heteroatoms. The molecule has 0 aliphatic rings. The number of hydrogen-bond donors (Lipinski definition) is 1. The lowest BCUT2D eigenvalue weighted by Crippen LogP contribution is -2.10. The van der Waals surface area contributed by atoms with Gasteiger partial charge in [0.2, 0.25) is 0 Å². The molecule has 102 valence electrons. The van der Waals surface area contributed by atoms with Crippen molar-refractivity contribution in [2.45, 2.75) is 39.7 Å². The molecule has 1 aromatic carbocycles. The summed E-state index contributed by atoms with van der Waals surface area (Å²) < 4.78 is 2.02. The number of nitrogens with two attached hydrogens (primary N) is 1. The molecule has 1 aromatic heterocycles. The van der Waals surface area contributed by atoms with Crippen molar-refractivity contribution in [3.05, 3.63) is 47.0 Å². The molecular weight excluding hydrogens is 236 g/mol. The molecule has 0 aliphatic heterocycles. The van der Waals surface area contributed by atoms with Crippen LogP contribution in [-0.2, 0) is 25.8 Å². The highest BCUT2D eigenvalue weighted by molar-refractivity contribution is 5.27. The van der Waals surface area contributed by atoms with Crippen LogP contribution in [0.3, 0.4) is 0 Å². The number of rotatable bonds is 6. The lowest BCUT2D eigenvalue weighted by Gasteiger charge is -2.10. The van der Waals surface area contributed by atoms with Gasteiger partial charge in [-0.1, -0.05) is 38.1 Å². The van der Waals surface area contributed by atoms with E-state index in [-0.39, 0.29) is 0 Å². The van der Waals surface area contributed by atoms with Crippen LogP contribution in [0.1, 0.15) is 36.6 Å². The molecule has 0 amide bonds. The van der Waals surface area contributed by atoms with Crippen LogP contribution in [-0.4, -0.2) is 21.3 Å². The van der Waals surface area contributed by atoms with Gasteiger partial charge >= 0.3 is 0 Å². The van der Waals surface area contributed by atoms with E-state index in [1.54, 1.807) is 0 Å². The van der Waals surface area contributed by atoms with Crippen LogP contribution in [0.2, 0.25) is 0 Å². The van der Waals surface area contributed by atoms with Crippen LogP contribution < -0.4 is 5.73 Å². The average Bonchev–Trinajstić information content (AvgIpc) is 2.83. The van der Waals surface area contributed by atoms with Crippen molar-refractivity contribution < 1.29 is 0 Å².